The summed E-state index contributed by atoms with van der Waals surface area (Å²) in [6.45, 7) is 0. The number of benzene rings is 2. The molecule has 0 atom stereocenters. The zero-order valence-electron chi connectivity index (χ0n) is 8.45. The van der Waals surface area contributed by atoms with E-state index in [0.717, 1.165) is 11.1 Å². The first-order valence-electron chi connectivity index (χ1n) is 4.87. The second kappa shape index (κ2) is 4.77. The summed E-state index contributed by atoms with van der Waals surface area (Å²) in [5, 5.41) is 10.9. The van der Waals surface area contributed by atoms with Crippen molar-refractivity contribution in [1.29, 1.82) is 0 Å². The van der Waals surface area contributed by atoms with Crippen molar-refractivity contribution >= 4 is 23.2 Å². The van der Waals surface area contributed by atoms with E-state index in [2.05, 4.69) is 0 Å². The summed E-state index contributed by atoms with van der Waals surface area (Å²) >= 11 is 11.9. The van der Waals surface area contributed by atoms with Crippen LogP contribution >= 0.6 is 23.2 Å². The standard InChI is InChI=1S/C13H10Cl2O/c14-11-6-5-9(12(15)8-11)7-10-3-1-2-4-13(10)16/h1-6,8,16H,7H2. The molecule has 0 saturated carbocycles. The van der Waals surface area contributed by atoms with Crippen molar-refractivity contribution in [2.75, 3.05) is 0 Å². The van der Waals surface area contributed by atoms with Crippen molar-refractivity contribution in [2.24, 2.45) is 0 Å². The van der Waals surface area contributed by atoms with Gasteiger partial charge in [-0.1, -0.05) is 47.5 Å². The number of hydrogen-bond acceptors (Lipinski definition) is 1. The van der Waals surface area contributed by atoms with Crippen LogP contribution in [0.4, 0.5) is 0 Å². The molecule has 0 heterocycles. The van der Waals surface area contributed by atoms with Crippen molar-refractivity contribution in [2.45, 2.75) is 6.42 Å². The highest BCUT2D eigenvalue weighted by Crippen LogP contribution is 2.26. The Morgan fingerprint density at radius 3 is 2.38 bits per heavy atom. The monoisotopic (exact) mass is 252 g/mol. The normalized spacial score (nSPS) is 10.4. The van der Waals surface area contributed by atoms with Crippen LogP contribution in [0.15, 0.2) is 42.5 Å². The summed E-state index contributed by atoms with van der Waals surface area (Å²) < 4.78 is 0. The molecule has 0 fully saturated rings. The number of phenols is 1. The van der Waals surface area contributed by atoms with E-state index in [-0.39, 0.29) is 5.75 Å². The Labute approximate surface area is 104 Å². The summed E-state index contributed by atoms with van der Waals surface area (Å²) in [5.41, 5.74) is 1.80. The lowest BCUT2D eigenvalue weighted by Gasteiger charge is -2.06. The first-order valence-corrected chi connectivity index (χ1v) is 5.63. The molecule has 1 N–H and O–H groups in total. The molecule has 0 aliphatic carbocycles. The second-order valence-electron chi connectivity index (χ2n) is 3.54. The Balaban J connectivity index is 2.31. The van der Waals surface area contributed by atoms with Gasteiger partial charge in [0.1, 0.15) is 5.75 Å². The van der Waals surface area contributed by atoms with E-state index < -0.39 is 0 Å². The number of aromatic hydroxyl groups is 1. The van der Waals surface area contributed by atoms with Crippen LogP contribution in [0.5, 0.6) is 5.75 Å². The largest absolute Gasteiger partial charge is 0.508 e. The predicted molar refractivity (Wildman–Crippen MR) is 67.4 cm³/mol. The molecule has 2 aromatic carbocycles. The third-order valence-electron chi connectivity index (χ3n) is 2.39. The summed E-state index contributed by atoms with van der Waals surface area (Å²) in [7, 11) is 0. The first-order chi connectivity index (χ1) is 7.66. The molecule has 0 amide bonds. The number of hydrogen-bond donors (Lipinski definition) is 1. The highest BCUT2D eigenvalue weighted by molar-refractivity contribution is 6.35. The zero-order valence-corrected chi connectivity index (χ0v) is 9.96. The Hall–Kier alpha value is -1.18. The average molecular weight is 253 g/mol. The van der Waals surface area contributed by atoms with E-state index in [1.807, 2.05) is 18.2 Å². The SMILES string of the molecule is Oc1ccccc1Cc1ccc(Cl)cc1Cl. The zero-order chi connectivity index (χ0) is 11.5. The molecule has 0 saturated heterocycles. The fourth-order valence-electron chi connectivity index (χ4n) is 1.53. The van der Waals surface area contributed by atoms with Gasteiger partial charge in [0.05, 0.1) is 0 Å². The maximum Gasteiger partial charge on any atom is 0.119 e. The quantitative estimate of drug-likeness (QED) is 0.846. The number of halogens is 2. The summed E-state index contributed by atoms with van der Waals surface area (Å²) in [5.74, 6) is 0.286. The fraction of sp³-hybridized carbons (Fsp3) is 0.0769. The first kappa shape index (κ1) is 11.3. The van der Waals surface area contributed by atoms with Gasteiger partial charge in [0.25, 0.3) is 0 Å². The van der Waals surface area contributed by atoms with Crippen LogP contribution in [0.1, 0.15) is 11.1 Å². The summed E-state index contributed by atoms with van der Waals surface area (Å²) in [4.78, 5) is 0. The minimum absolute atomic E-state index is 0.286. The highest BCUT2D eigenvalue weighted by Gasteiger charge is 2.05. The maximum absolute atomic E-state index is 9.65. The molecule has 0 aliphatic heterocycles. The van der Waals surface area contributed by atoms with Gasteiger partial charge in [0.2, 0.25) is 0 Å². The van der Waals surface area contributed by atoms with Gasteiger partial charge in [-0.2, -0.15) is 0 Å². The molecule has 0 unspecified atom stereocenters. The highest BCUT2D eigenvalue weighted by atomic mass is 35.5. The number of para-hydroxylation sites is 1. The predicted octanol–water partition coefficient (Wildman–Crippen LogP) is 4.29. The molecule has 0 spiro atoms. The Kier molecular flexibility index (Phi) is 3.37. The van der Waals surface area contributed by atoms with Gasteiger partial charge < -0.3 is 5.11 Å². The van der Waals surface area contributed by atoms with Crippen LogP contribution in [0.25, 0.3) is 0 Å². The van der Waals surface area contributed by atoms with Crippen LogP contribution in [-0.2, 0) is 6.42 Å². The molecule has 0 bridgehead atoms. The van der Waals surface area contributed by atoms with Gasteiger partial charge in [-0.05, 0) is 29.3 Å². The van der Waals surface area contributed by atoms with E-state index >= 15 is 0 Å². The Bertz CT molecular complexity index is 509. The van der Waals surface area contributed by atoms with Gasteiger partial charge in [-0.3, -0.25) is 0 Å². The molecule has 0 aliphatic rings. The lowest BCUT2D eigenvalue weighted by molar-refractivity contribution is 0.469. The Morgan fingerprint density at radius 1 is 0.938 bits per heavy atom. The molecular formula is C13H10Cl2O. The van der Waals surface area contributed by atoms with Crippen LogP contribution in [-0.4, -0.2) is 5.11 Å². The van der Waals surface area contributed by atoms with Crippen LogP contribution in [0.2, 0.25) is 10.0 Å². The third-order valence-corrected chi connectivity index (χ3v) is 2.97. The van der Waals surface area contributed by atoms with Crippen molar-refractivity contribution in [1.82, 2.24) is 0 Å². The lowest BCUT2D eigenvalue weighted by Crippen LogP contribution is -1.89. The molecule has 16 heavy (non-hydrogen) atoms. The molecule has 2 rings (SSSR count). The van der Waals surface area contributed by atoms with Crippen molar-refractivity contribution in [3.8, 4) is 5.75 Å². The topological polar surface area (TPSA) is 20.2 Å². The van der Waals surface area contributed by atoms with Crippen LogP contribution < -0.4 is 0 Å². The average Bonchev–Trinajstić information content (AvgIpc) is 2.25. The van der Waals surface area contributed by atoms with E-state index in [1.165, 1.54) is 0 Å². The summed E-state index contributed by atoms with van der Waals surface area (Å²) in [6.07, 6.45) is 0.600. The van der Waals surface area contributed by atoms with Gasteiger partial charge in [-0.25, -0.2) is 0 Å². The van der Waals surface area contributed by atoms with E-state index in [9.17, 15) is 5.11 Å². The minimum atomic E-state index is 0.286. The molecule has 3 heteroatoms. The van der Waals surface area contributed by atoms with E-state index in [4.69, 9.17) is 23.2 Å². The maximum atomic E-state index is 9.65. The number of rotatable bonds is 2. The minimum Gasteiger partial charge on any atom is -0.508 e. The molecule has 2 aromatic rings. The molecular weight excluding hydrogens is 243 g/mol. The second-order valence-corrected chi connectivity index (χ2v) is 4.38. The van der Waals surface area contributed by atoms with E-state index in [0.29, 0.717) is 16.5 Å². The van der Waals surface area contributed by atoms with Crippen molar-refractivity contribution in [3.05, 3.63) is 63.6 Å². The van der Waals surface area contributed by atoms with Crippen molar-refractivity contribution in [3.63, 3.8) is 0 Å². The van der Waals surface area contributed by atoms with Gasteiger partial charge in [0.15, 0.2) is 0 Å². The van der Waals surface area contributed by atoms with Gasteiger partial charge in [0, 0.05) is 16.5 Å². The van der Waals surface area contributed by atoms with Crippen LogP contribution in [0, 0.1) is 0 Å². The Morgan fingerprint density at radius 2 is 1.69 bits per heavy atom. The molecule has 0 aromatic heterocycles. The third kappa shape index (κ3) is 2.49. The van der Waals surface area contributed by atoms with Crippen LogP contribution in [0.3, 0.4) is 0 Å². The van der Waals surface area contributed by atoms with Crippen molar-refractivity contribution < 1.29 is 5.11 Å². The smallest absolute Gasteiger partial charge is 0.119 e. The van der Waals surface area contributed by atoms with E-state index in [1.54, 1.807) is 24.3 Å². The van der Waals surface area contributed by atoms with Gasteiger partial charge >= 0.3 is 0 Å². The molecule has 82 valence electrons. The molecule has 0 radical (unpaired) electrons. The molecule has 1 nitrogen and oxygen atoms in total. The summed E-state index contributed by atoms with van der Waals surface area (Å²) in [6, 6.07) is 12.6. The number of phenolic OH excluding ortho intramolecular Hbond substituents is 1. The fourth-order valence-corrected chi connectivity index (χ4v) is 2.01. The van der Waals surface area contributed by atoms with Gasteiger partial charge in [-0.15, -0.1) is 0 Å². The lowest BCUT2D eigenvalue weighted by atomic mass is 10.0.